The van der Waals surface area contributed by atoms with Gasteiger partial charge in [-0.1, -0.05) is 0 Å². The topological polar surface area (TPSA) is 80.0 Å². The second kappa shape index (κ2) is 5.71. The molecule has 6 heteroatoms. The quantitative estimate of drug-likeness (QED) is 0.917. The number of amides is 1. The number of benzene rings is 1. The predicted molar refractivity (Wildman–Crippen MR) is 81.0 cm³/mol. The zero-order valence-electron chi connectivity index (χ0n) is 13.0. The van der Waals surface area contributed by atoms with E-state index in [-0.39, 0.29) is 12.3 Å². The van der Waals surface area contributed by atoms with Gasteiger partial charge in [-0.05, 0) is 26.0 Å². The molecule has 0 saturated heterocycles. The fourth-order valence-corrected chi connectivity index (χ4v) is 2.06. The Morgan fingerprint density at radius 1 is 1.36 bits per heavy atom. The third kappa shape index (κ3) is 2.77. The fraction of sp³-hybridized carbons (Fsp3) is 0.375. The molecule has 2 aromatic rings. The minimum absolute atomic E-state index is 0.0759. The molecule has 1 heterocycles. The second-order valence-electron chi connectivity index (χ2n) is 5.62. The average molecular weight is 305 g/mol. The molecule has 6 nitrogen and oxygen atoms in total. The fourth-order valence-electron chi connectivity index (χ4n) is 2.06. The van der Waals surface area contributed by atoms with E-state index < -0.39 is 11.5 Å². The Kier molecular flexibility index (Phi) is 4.12. The number of rotatable bonds is 5. The van der Waals surface area contributed by atoms with E-state index >= 15 is 0 Å². The minimum atomic E-state index is -1.26. The lowest BCUT2D eigenvalue weighted by atomic mass is 10.0. The molecule has 1 amide bonds. The van der Waals surface area contributed by atoms with Crippen molar-refractivity contribution in [3.63, 3.8) is 0 Å². The molecular formula is C16H19NO5. The average Bonchev–Trinajstić information content (AvgIpc) is 2.88. The molecule has 0 saturated carbocycles. The number of ether oxygens (including phenoxy) is 1. The van der Waals surface area contributed by atoms with Crippen LogP contribution in [-0.4, -0.2) is 41.6 Å². The molecule has 2 rings (SSSR count). The maximum atomic E-state index is 12.3. The number of carboxylic acids is 1. The first-order valence-electron chi connectivity index (χ1n) is 6.81. The van der Waals surface area contributed by atoms with Crippen molar-refractivity contribution in [3.05, 3.63) is 30.0 Å². The highest BCUT2D eigenvalue weighted by molar-refractivity contribution is 5.91. The molecule has 1 N–H and O–H groups in total. The van der Waals surface area contributed by atoms with Gasteiger partial charge in [-0.25, -0.2) is 4.79 Å². The zero-order chi connectivity index (χ0) is 16.5. The van der Waals surface area contributed by atoms with E-state index in [9.17, 15) is 14.7 Å². The van der Waals surface area contributed by atoms with Gasteiger partial charge in [0.25, 0.3) is 0 Å². The summed E-state index contributed by atoms with van der Waals surface area (Å²) in [5.41, 5.74) is 0.0813. The molecule has 0 aliphatic heterocycles. The summed E-state index contributed by atoms with van der Waals surface area (Å²) in [5, 5.41) is 10.0. The van der Waals surface area contributed by atoms with Crippen LogP contribution in [0.15, 0.2) is 28.9 Å². The summed E-state index contributed by atoms with van der Waals surface area (Å²) < 4.78 is 10.6. The molecule has 1 aromatic carbocycles. The van der Waals surface area contributed by atoms with Gasteiger partial charge in [0.05, 0.1) is 19.8 Å². The van der Waals surface area contributed by atoms with Crippen LogP contribution >= 0.6 is 0 Å². The normalized spacial score (nSPS) is 11.5. The number of nitrogens with zero attached hydrogens (tertiary/aromatic N) is 1. The van der Waals surface area contributed by atoms with Gasteiger partial charge in [-0.3, -0.25) is 4.79 Å². The van der Waals surface area contributed by atoms with E-state index in [4.69, 9.17) is 9.15 Å². The van der Waals surface area contributed by atoms with Crippen LogP contribution in [0.1, 0.15) is 19.4 Å². The first-order chi connectivity index (χ1) is 10.3. The van der Waals surface area contributed by atoms with E-state index in [0.717, 1.165) is 10.9 Å². The molecule has 1 aromatic heterocycles. The molecule has 0 fully saturated rings. The highest BCUT2D eigenvalue weighted by atomic mass is 16.5. The summed E-state index contributed by atoms with van der Waals surface area (Å²) in [4.78, 5) is 24.8. The zero-order valence-corrected chi connectivity index (χ0v) is 13.0. The standard InChI is InChI=1S/C16H19NO5/c1-16(2,15(19)20)17(3)14(18)7-10-9-22-13-8-11(21-4)5-6-12(10)13/h5-6,8-9H,7H2,1-4H3,(H,19,20). The molecule has 0 radical (unpaired) electrons. The maximum Gasteiger partial charge on any atom is 0.329 e. The van der Waals surface area contributed by atoms with E-state index in [1.54, 1.807) is 19.2 Å². The third-order valence-corrected chi connectivity index (χ3v) is 3.94. The van der Waals surface area contributed by atoms with Gasteiger partial charge in [-0.2, -0.15) is 0 Å². The monoisotopic (exact) mass is 305 g/mol. The smallest absolute Gasteiger partial charge is 0.329 e. The largest absolute Gasteiger partial charge is 0.497 e. The highest BCUT2D eigenvalue weighted by Crippen LogP contribution is 2.26. The highest BCUT2D eigenvalue weighted by Gasteiger charge is 2.35. The molecule has 118 valence electrons. The van der Waals surface area contributed by atoms with Gasteiger partial charge >= 0.3 is 5.97 Å². The molecule has 0 spiro atoms. The molecule has 0 unspecified atom stereocenters. The Balaban J connectivity index is 2.24. The number of carbonyl (C=O) groups excluding carboxylic acids is 1. The van der Waals surface area contributed by atoms with Crippen LogP contribution in [0.5, 0.6) is 5.75 Å². The van der Waals surface area contributed by atoms with Crippen LogP contribution in [-0.2, 0) is 16.0 Å². The van der Waals surface area contributed by atoms with Crippen LogP contribution in [0.2, 0.25) is 0 Å². The van der Waals surface area contributed by atoms with Crippen LogP contribution in [0, 0.1) is 0 Å². The Morgan fingerprint density at radius 2 is 2.05 bits per heavy atom. The molecule has 0 aliphatic carbocycles. The van der Waals surface area contributed by atoms with Crippen LogP contribution < -0.4 is 4.74 Å². The summed E-state index contributed by atoms with van der Waals surface area (Å²) in [6.07, 6.45) is 1.59. The number of hydrogen-bond acceptors (Lipinski definition) is 4. The van der Waals surface area contributed by atoms with Gasteiger partial charge < -0.3 is 19.2 Å². The van der Waals surface area contributed by atoms with E-state index in [0.29, 0.717) is 11.3 Å². The Morgan fingerprint density at radius 3 is 2.64 bits per heavy atom. The number of likely N-dealkylation sites (N-methyl/N-ethyl adjacent to an activating group) is 1. The van der Waals surface area contributed by atoms with Gasteiger partial charge in [-0.15, -0.1) is 0 Å². The van der Waals surface area contributed by atoms with Crippen LogP contribution in [0.4, 0.5) is 0 Å². The van der Waals surface area contributed by atoms with Crippen molar-refractivity contribution in [2.24, 2.45) is 0 Å². The Labute approximate surface area is 128 Å². The number of carbonyl (C=O) groups is 2. The lowest BCUT2D eigenvalue weighted by Crippen LogP contribution is -2.51. The van der Waals surface area contributed by atoms with E-state index in [2.05, 4.69) is 0 Å². The second-order valence-corrected chi connectivity index (χ2v) is 5.62. The number of carboxylic acid groups (broad SMARTS) is 1. The summed E-state index contributed by atoms with van der Waals surface area (Å²) in [7, 11) is 3.05. The Hall–Kier alpha value is -2.50. The number of fused-ring (bicyclic) bond motifs is 1. The van der Waals surface area contributed by atoms with Crippen molar-refractivity contribution >= 4 is 22.8 Å². The number of aliphatic carboxylic acids is 1. The first-order valence-corrected chi connectivity index (χ1v) is 6.81. The van der Waals surface area contributed by atoms with Crippen LogP contribution in [0.25, 0.3) is 11.0 Å². The summed E-state index contributed by atoms with van der Waals surface area (Å²) >= 11 is 0. The summed E-state index contributed by atoms with van der Waals surface area (Å²) in [5.74, 6) is -0.667. The van der Waals surface area contributed by atoms with E-state index in [1.807, 2.05) is 6.07 Å². The number of hydrogen-bond donors (Lipinski definition) is 1. The summed E-state index contributed by atoms with van der Waals surface area (Å²) in [6, 6.07) is 5.35. The molecule has 0 atom stereocenters. The van der Waals surface area contributed by atoms with Gasteiger partial charge in [0.15, 0.2) is 0 Å². The van der Waals surface area contributed by atoms with Crippen molar-refractivity contribution in [3.8, 4) is 5.75 Å². The molecule has 0 aliphatic rings. The lowest BCUT2D eigenvalue weighted by Gasteiger charge is -2.31. The summed E-state index contributed by atoms with van der Waals surface area (Å²) in [6.45, 7) is 2.98. The number of furan rings is 1. The van der Waals surface area contributed by atoms with Crippen molar-refractivity contribution in [2.75, 3.05) is 14.2 Å². The van der Waals surface area contributed by atoms with Crippen molar-refractivity contribution in [1.29, 1.82) is 0 Å². The SMILES string of the molecule is COc1ccc2c(CC(=O)N(C)C(C)(C)C(=O)O)coc2c1. The number of methoxy groups -OCH3 is 1. The van der Waals surface area contributed by atoms with Gasteiger partial charge in [0.2, 0.25) is 5.91 Å². The van der Waals surface area contributed by atoms with E-state index in [1.165, 1.54) is 32.1 Å². The van der Waals surface area contributed by atoms with Gasteiger partial charge in [0.1, 0.15) is 16.9 Å². The van der Waals surface area contributed by atoms with Crippen molar-refractivity contribution in [1.82, 2.24) is 4.90 Å². The van der Waals surface area contributed by atoms with Crippen molar-refractivity contribution in [2.45, 2.75) is 25.8 Å². The first kappa shape index (κ1) is 15.9. The lowest BCUT2D eigenvalue weighted by molar-refractivity contribution is -0.155. The molecule has 0 bridgehead atoms. The predicted octanol–water partition coefficient (Wildman–Crippen LogP) is 2.31. The maximum absolute atomic E-state index is 12.3. The molecule has 22 heavy (non-hydrogen) atoms. The third-order valence-electron chi connectivity index (χ3n) is 3.94. The minimum Gasteiger partial charge on any atom is -0.497 e. The molecular weight excluding hydrogens is 286 g/mol. The Bertz CT molecular complexity index is 716. The van der Waals surface area contributed by atoms with Crippen molar-refractivity contribution < 1.29 is 23.8 Å². The van der Waals surface area contributed by atoms with Crippen LogP contribution in [0.3, 0.4) is 0 Å². The van der Waals surface area contributed by atoms with Gasteiger partial charge in [0, 0.05) is 24.1 Å².